The number of piperidine rings is 1. The fraction of sp³-hybridized carbons (Fsp3) is 0.250. The predicted octanol–water partition coefficient (Wildman–Crippen LogP) is 4.75. The molecule has 2 amide bonds. The van der Waals surface area contributed by atoms with Gasteiger partial charge in [0.25, 0.3) is 0 Å². The number of carbonyl (C=O) groups excluding carboxylic acids is 2. The van der Waals surface area contributed by atoms with E-state index in [4.69, 9.17) is 15.5 Å². The van der Waals surface area contributed by atoms with Crippen LogP contribution in [0.25, 0.3) is 33.5 Å². The van der Waals surface area contributed by atoms with Gasteiger partial charge in [0, 0.05) is 29.9 Å². The van der Waals surface area contributed by atoms with Gasteiger partial charge < -0.3 is 20.7 Å². The molecule has 1 aliphatic rings. The average Bonchev–Trinajstić information content (AvgIpc) is 2.93. The van der Waals surface area contributed by atoms with E-state index in [0.29, 0.717) is 42.1 Å². The van der Waals surface area contributed by atoms with Crippen LogP contribution in [0.3, 0.4) is 0 Å². The van der Waals surface area contributed by atoms with Crippen molar-refractivity contribution >= 4 is 34.7 Å². The van der Waals surface area contributed by atoms with Gasteiger partial charge in [-0.2, -0.15) is 0 Å². The van der Waals surface area contributed by atoms with Gasteiger partial charge in [-0.25, -0.2) is 19.7 Å². The minimum atomic E-state index is -0.277. The van der Waals surface area contributed by atoms with Crippen molar-refractivity contribution in [1.29, 1.82) is 0 Å². The maximum Gasteiger partial charge on any atom is 0.321 e. The third-order valence-corrected chi connectivity index (χ3v) is 6.37. The van der Waals surface area contributed by atoms with Gasteiger partial charge in [-0.15, -0.1) is 0 Å². The highest BCUT2D eigenvalue weighted by molar-refractivity contribution is 5.92. The zero-order chi connectivity index (χ0) is 25.8. The Morgan fingerprint density at radius 3 is 2.54 bits per heavy atom. The van der Waals surface area contributed by atoms with Gasteiger partial charge in [0.2, 0.25) is 5.95 Å². The van der Waals surface area contributed by atoms with Crippen LogP contribution in [0.4, 0.5) is 16.4 Å². The molecule has 3 N–H and O–H groups in total. The van der Waals surface area contributed by atoms with E-state index in [0.717, 1.165) is 29.7 Å². The van der Waals surface area contributed by atoms with Crippen LogP contribution in [0.5, 0.6) is 0 Å². The Labute approximate surface area is 214 Å². The van der Waals surface area contributed by atoms with Crippen LogP contribution in [0.1, 0.15) is 19.8 Å². The zero-order valence-electron chi connectivity index (χ0n) is 20.6. The van der Waals surface area contributed by atoms with Gasteiger partial charge in [0.05, 0.1) is 23.7 Å². The molecule has 0 radical (unpaired) electrons. The third-order valence-electron chi connectivity index (χ3n) is 6.37. The molecule has 1 saturated heterocycles. The van der Waals surface area contributed by atoms with Gasteiger partial charge in [-0.3, -0.25) is 4.79 Å². The summed E-state index contributed by atoms with van der Waals surface area (Å²) in [4.78, 5) is 40.2. The van der Waals surface area contributed by atoms with E-state index in [9.17, 15) is 9.59 Å². The second-order valence-electron chi connectivity index (χ2n) is 8.91. The van der Waals surface area contributed by atoms with E-state index in [-0.39, 0.29) is 23.9 Å². The largest absolute Gasteiger partial charge is 0.466 e. The summed E-state index contributed by atoms with van der Waals surface area (Å²) < 4.78 is 5.13. The molecule has 4 aromatic rings. The number of esters is 1. The number of anilines is 2. The fourth-order valence-corrected chi connectivity index (χ4v) is 4.53. The number of pyridine rings is 1. The topological polar surface area (TPSA) is 123 Å². The van der Waals surface area contributed by atoms with E-state index in [1.54, 1.807) is 11.8 Å². The number of nitrogen functional groups attached to an aromatic ring is 1. The number of benzene rings is 2. The second kappa shape index (κ2) is 10.6. The first kappa shape index (κ1) is 24.2. The summed E-state index contributed by atoms with van der Waals surface area (Å²) in [5, 5.41) is 2.93. The number of nitrogens with zero attached hydrogens (tertiary/aromatic N) is 4. The fourth-order valence-electron chi connectivity index (χ4n) is 4.53. The van der Waals surface area contributed by atoms with Crippen LogP contribution < -0.4 is 11.1 Å². The lowest BCUT2D eigenvalue weighted by atomic mass is 9.98. The summed E-state index contributed by atoms with van der Waals surface area (Å²) in [5.74, 6) is -0.320. The third kappa shape index (κ3) is 5.35. The van der Waals surface area contributed by atoms with Crippen LogP contribution in [-0.2, 0) is 9.53 Å². The molecule has 1 fully saturated rings. The number of nitrogens with two attached hydrogens (primary N) is 1. The maximum absolute atomic E-state index is 12.8. The minimum absolute atomic E-state index is 0.197. The summed E-state index contributed by atoms with van der Waals surface area (Å²) >= 11 is 0. The minimum Gasteiger partial charge on any atom is -0.466 e. The van der Waals surface area contributed by atoms with Crippen molar-refractivity contribution in [3.8, 4) is 22.5 Å². The number of urea groups is 1. The van der Waals surface area contributed by atoms with Crippen LogP contribution >= 0.6 is 0 Å². The lowest BCUT2D eigenvalue weighted by Gasteiger charge is -2.31. The van der Waals surface area contributed by atoms with Gasteiger partial charge in [0.15, 0.2) is 0 Å². The molecule has 2 aromatic heterocycles. The summed E-state index contributed by atoms with van der Waals surface area (Å²) in [5.41, 5.74) is 11.2. The number of rotatable bonds is 5. The van der Waals surface area contributed by atoms with Gasteiger partial charge >= 0.3 is 12.0 Å². The van der Waals surface area contributed by atoms with E-state index >= 15 is 0 Å². The van der Waals surface area contributed by atoms with Crippen molar-refractivity contribution < 1.29 is 14.3 Å². The molecule has 5 rings (SSSR count). The van der Waals surface area contributed by atoms with Crippen LogP contribution in [0, 0.1) is 5.92 Å². The summed E-state index contributed by atoms with van der Waals surface area (Å²) in [6.45, 7) is 3.10. The molecule has 1 aliphatic heterocycles. The number of carbonyl (C=O) groups is 2. The summed E-state index contributed by atoms with van der Waals surface area (Å²) in [6.07, 6.45) is 1.50. The molecular weight excluding hydrogens is 468 g/mol. The van der Waals surface area contributed by atoms with Crippen molar-refractivity contribution in [1.82, 2.24) is 19.9 Å². The Hall–Kier alpha value is -4.53. The van der Waals surface area contributed by atoms with Crippen molar-refractivity contribution in [2.75, 3.05) is 30.7 Å². The lowest BCUT2D eigenvalue weighted by Crippen LogP contribution is -2.44. The second-order valence-corrected chi connectivity index (χ2v) is 8.91. The highest BCUT2D eigenvalue weighted by Crippen LogP contribution is 2.29. The molecule has 188 valence electrons. The molecular formula is C28H28N6O3. The molecule has 37 heavy (non-hydrogen) atoms. The molecule has 9 nitrogen and oxygen atoms in total. The molecule has 1 atom stereocenters. The van der Waals surface area contributed by atoms with Gasteiger partial charge in [0.1, 0.15) is 11.2 Å². The Morgan fingerprint density at radius 2 is 1.78 bits per heavy atom. The first-order valence-corrected chi connectivity index (χ1v) is 12.3. The molecule has 3 heterocycles. The SMILES string of the molecule is CCOC(=O)C1CCCN(C(=O)Nc2ccc(-c3ccc4nc(N)nc(-c5ccccc5)c4n3)cc2)C1. The number of fused-ring (bicyclic) bond motifs is 1. The first-order chi connectivity index (χ1) is 18.0. The standard InChI is InChI=1S/C28H28N6O3/c1-2-37-26(35)20-9-6-16-34(17-20)28(36)30-21-12-10-18(11-13-21)22-14-15-23-25(31-22)24(33-27(29)32-23)19-7-4-3-5-8-19/h3-5,7-8,10-15,20H,2,6,9,16-17H2,1H3,(H,30,36)(H2,29,32,33). The molecule has 0 saturated carbocycles. The number of amides is 2. The number of ether oxygens (including phenoxy) is 1. The number of hydrogen-bond acceptors (Lipinski definition) is 7. The summed E-state index contributed by atoms with van der Waals surface area (Å²) in [6, 6.07) is 20.8. The van der Waals surface area contributed by atoms with E-state index in [2.05, 4.69) is 15.3 Å². The Morgan fingerprint density at radius 1 is 1.00 bits per heavy atom. The number of hydrogen-bond donors (Lipinski definition) is 2. The smallest absolute Gasteiger partial charge is 0.321 e. The normalized spacial score (nSPS) is 15.4. The Bertz CT molecular complexity index is 1430. The van der Waals surface area contributed by atoms with Crippen LogP contribution in [0.2, 0.25) is 0 Å². The monoisotopic (exact) mass is 496 g/mol. The van der Waals surface area contributed by atoms with Crippen molar-refractivity contribution in [3.63, 3.8) is 0 Å². The quantitative estimate of drug-likeness (QED) is 0.382. The predicted molar refractivity (Wildman–Crippen MR) is 143 cm³/mol. The molecule has 1 unspecified atom stereocenters. The number of nitrogens with one attached hydrogen (secondary N) is 1. The first-order valence-electron chi connectivity index (χ1n) is 12.3. The Kier molecular flexibility index (Phi) is 6.93. The van der Waals surface area contributed by atoms with Crippen molar-refractivity contribution in [2.24, 2.45) is 5.92 Å². The van der Waals surface area contributed by atoms with E-state index in [1.165, 1.54) is 0 Å². The zero-order valence-corrected chi connectivity index (χ0v) is 20.6. The lowest BCUT2D eigenvalue weighted by molar-refractivity contribution is -0.149. The van der Waals surface area contributed by atoms with E-state index < -0.39 is 0 Å². The van der Waals surface area contributed by atoms with Crippen molar-refractivity contribution in [2.45, 2.75) is 19.8 Å². The average molecular weight is 497 g/mol. The van der Waals surface area contributed by atoms with Gasteiger partial charge in [-0.1, -0.05) is 42.5 Å². The molecule has 0 spiro atoms. The summed E-state index contributed by atoms with van der Waals surface area (Å²) in [7, 11) is 0. The highest BCUT2D eigenvalue weighted by Gasteiger charge is 2.29. The number of aromatic nitrogens is 3. The molecule has 9 heteroatoms. The maximum atomic E-state index is 12.8. The van der Waals surface area contributed by atoms with E-state index in [1.807, 2.05) is 66.7 Å². The van der Waals surface area contributed by atoms with Crippen LogP contribution in [0.15, 0.2) is 66.7 Å². The highest BCUT2D eigenvalue weighted by atomic mass is 16.5. The Balaban J connectivity index is 1.33. The number of likely N-dealkylation sites (tertiary alicyclic amines) is 1. The van der Waals surface area contributed by atoms with Crippen LogP contribution in [-0.4, -0.2) is 51.5 Å². The molecule has 0 aliphatic carbocycles. The molecule has 2 aromatic carbocycles. The van der Waals surface area contributed by atoms with Crippen molar-refractivity contribution in [3.05, 3.63) is 66.7 Å². The van der Waals surface area contributed by atoms with Gasteiger partial charge in [-0.05, 0) is 44.0 Å². The molecule has 0 bridgehead atoms.